The Labute approximate surface area is 106 Å². The lowest BCUT2D eigenvalue weighted by Crippen LogP contribution is -2.04. The highest BCUT2D eigenvalue weighted by molar-refractivity contribution is 5.61. The summed E-state index contributed by atoms with van der Waals surface area (Å²) in [6.45, 7) is 1.65. The molecule has 0 fully saturated rings. The number of aryl methyl sites for hydroxylation is 1. The standard InChI is InChI=1S/C12H9F4N3/c1-5-2-9(18-4-8(5)17)19-12-10(15)6(13)3-7(14)11(12)16/h2-4H,17H2,1H3,(H,18,19). The van der Waals surface area contributed by atoms with Crippen LogP contribution in [0.5, 0.6) is 0 Å². The zero-order chi connectivity index (χ0) is 14.2. The fraction of sp³-hybridized carbons (Fsp3) is 0.0833. The number of benzene rings is 1. The Balaban J connectivity index is 2.46. The van der Waals surface area contributed by atoms with Gasteiger partial charge in [0.25, 0.3) is 0 Å². The molecule has 2 aromatic rings. The van der Waals surface area contributed by atoms with Crippen LogP contribution in [0.2, 0.25) is 0 Å². The highest BCUT2D eigenvalue weighted by atomic mass is 19.2. The molecule has 0 amide bonds. The van der Waals surface area contributed by atoms with Crippen molar-refractivity contribution in [1.82, 2.24) is 4.98 Å². The predicted molar refractivity (Wildman–Crippen MR) is 62.9 cm³/mol. The van der Waals surface area contributed by atoms with Gasteiger partial charge < -0.3 is 11.1 Å². The predicted octanol–water partition coefficient (Wildman–Crippen LogP) is 3.27. The summed E-state index contributed by atoms with van der Waals surface area (Å²) in [5.74, 6) is -6.00. The minimum Gasteiger partial charge on any atom is -0.397 e. The van der Waals surface area contributed by atoms with Crippen molar-refractivity contribution in [1.29, 1.82) is 0 Å². The van der Waals surface area contributed by atoms with E-state index in [0.717, 1.165) is 0 Å². The van der Waals surface area contributed by atoms with Crippen molar-refractivity contribution < 1.29 is 17.6 Å². The average molecular weight is 271 g/mol. The van der Waals surface area contributed by atoms with Gasteiger partial charge in [-0.15, -0.1) is 0 Å². The largest absolute Gasteiger partial charge is 0.397 e. The summed E-state index contributed by atoms with van der Waals surface area (Å²) in [5, 5.41) is 2.19. The van der Waals surface area contributed by atoms with Gasteiger partial charge in [0, 0.05) is 6.07 Å². The van der Waals surface area contributed by atoms with Crippen LogP contribution in [0, 0.1) is 30.2 Å². The van der Waals surface area contributed by atoms with Crippen molar-refractivity contribution >= 4 is 17.2 Å². The van der Waals surface area contributed by atoms with Gasteiger partial charge in [-0.25, -0.2) is 22.5 Å². The maximum Gasteiger partial charge on any atom is 0.185 e. The van der Waals surface area contributed by atoms with Gasteiger partial charge in [-0.3, -0.25) is 0 Å². The van der Waals surface area contributed by atoms with Gasteiger partial charge in [0.2, 0.25) is 0 Å². The van der Waals surface area contributed by atoms with Crippen LogP contribution in [0.4, 0.5) is 34.8 Å². The monoisotopic (exact) mass is 271 g/mol. The summed E-state index contributed by atoms with van der Waals surface area (Å²) >= 11 is 0. The lowest BCUT2D eigenvalue weighted by molar-refractivity contribution is 0.459. The van der Waals surface area contributed by atoms with Crippen LogP contribution in [0.1, 0.15) is 5.56 Å². The Morgan fingerprint density at radius 3 is 2.16 bits per heavy atom. The number of anilines is 3. The van der Waals surface area contributed by atoms with Crippen LogP contribution in [-0.4, -0.2) is 4.98 Å². The number of pyridine rings is 1. The van der Waals surface area contributed by atoms with Gasteiger partial charge >= 0.3 is 0 Å². The first kappa shape index (κ1) is 13.1. The van der Waals surface area contributed by atoms with Crippen molar-refractivity contribution in [3.05, 3.63) is 47.2 Å². The molecular formula is C12H9F4N3. The van der Waals surface area contributed by atoms with E-state index in [2.05, 4.69) is 10.3 Å². The topological polar surface area (TPSA) is 50.9 Å². The van der Waals surface area contributed by atoms with E-state index in [-0.39, 0.29) is 11.9 Å². The number of hydrogen-bond donors (Lipinski definition) is 2. The third-order valence-electron chi connectivity index (χ3n) is 2.52. The molecule has 0 saturated heterocycles. The molecule has 0 spiro atoms. The number of halogens is 4. The number of nitrogens with one attached hydrogen (secondary N) is 1. The fourth-order valence-electron chi connectivity index (χ4n) is 1.45. The lowest BCUT2D eigenvalue weighted by Gasteiger charge is -2.10. The molecule has 0 aliphatic heterocycles. The second kappa shape index (κ2) is 4.75. The minimum atomic E-state index is -1.52. The number of nitrogens with zero attached hydrogens (tertiary/aromatic N) is 1. The maximum atomic E-state index is 13.4. The Morgan fingerprint density at radius 2 is 1.63 bits per heavy atom. The van der Waals surface area contributed by atoms with E-state index in [0.29, 0.717) is 11.3 Å². The van der Waals surface area contributed by atoms with E-state index in [1.54, 1.807) is 6.92 Å². The first-order valence-electron chi connectivity index (χ1n) is 5.22. The van der Waals surface area contributed by atoms with Gasteiger partial charge in [-0.1, -0.05) is 0 Å². The molecule has 0 unspecified atom stereocenters. The first-order chi connectivity index (χ1) is 8.90. The van der Waals surface area contributed by atoms with Crippen LogP contribution in [-0.2, 0) is 0 Å². The number of nitrogens with two attached hydrogens (primary N) is 1. The molecule has 3 N–H and O–H groups in total. The van der Waals surface area contributed by atoms with E-state index >= 15 is 0 Å². The average Bonchev–Trinajstić information content (AvgIpc) is 2.36. The van der Waals surface area contributed by atoms with Gasteiger partial charge in [-0.05, 0) is 18.6 Å². The second-order valence-electron chi connectivity index (χ2n) is 3.89. The summed E-state index contributed by atoms with van der Waals surface area (Å²) in [7, 11) is 0. The highest BCUT2D eigenvalue weighted by Crippen LogP contribution is 2.27. The van der Waals surface area contributed by atoms with E-state index < -0.39 is 29.0 Å². The molecule has 0 aliphatic carbocycles. The Kier molecular flexibility index (Phi) is 3.28. The molecule has 19 heavy (non-hydrogen) atoms. The van der Waals surface area contributed by atoms with E-state index in [1.165, 1.54) is 12.3 Å². The molecule has 1 aromatic heterocycles. The zero-order valence-electron chi connectivity index (χ0n) is 9.77. The smallest absolute Gasteiger partial charge is 0.185 e. The summed E-state index contributed by atoms with van der Waals surface area (Å²) in [6.07, 6.45) is 1.27. The van der Waals surface area contributed by atoms with Crippen LogP contribution in [0.3, 0.4) is 0 Å². The van der Waals surface area contributed by atoms with Gasteiger partial charge in [0.1, 0.15) is 11.5 Å². The van der Waals surface area contributed by atoms with Crippen molar-refractivity contribution in [2.75, 3.05) is 11.1 Å². The Morgan fingerprint density at radius 1 is 1.05 bits per heavy atom. The number of nitrogen functional groups attached to an aromatic ring is 1. The van der Waals surface area contributed by atoms with Crippen LogP contribution >= 0.6 is 0 Å². The third-order valence-corrected chi connectivity index (χ3v) is 2.52. The summed E-state index contributed by atoms with van der Waals surface area (Å²) in [4.78, 5) is 3.76. The van der Waals surface area contributed by atoms with E-state index in [9.17, 15) is 17.6 Å². The summed E-state index contributed by atoms with van der Waals surface area (Å²) in [6, 6.07) is 1.54. The van der Waals surface area contributed by atoms with Crippen molar-refractivity contribution in [3.8, 4) is 0 Å². The summed E-state index contributed by atoms with van der Waals surface area (Å²) < 4.78 is 52.8. The van der Waals surface area contributed by atoms with Crippen LogP contribution in [0.25, 0.3) is 0 Å². The first-order valence-corrected chi connectivity index (χ1v) is 5.22. The lowest BCUT2D eigenvalue weighted by atomic mass is 10.2. The van der Waals surface area contributed by atoms with Gasteiger partial charge in [0.05, 0.1) is 11.9 Å². The van der Waals surface area contributed by atoms with Crippen molar-refractivity contribution in [2.45, 2.75) is 6.92 Å². The molecule has 0 atom stereocenters. The van der Waals surface area contributed by atoms with Crippen molar-refractivity contribution in [2.24, 2.45) is 0 Å². The minimum absolute atomic E-state index is 0.0227. The molecule has 1 heterocycles. The maximum absolute atomic E-state index is 13.4. The number of aromatic nitrogens is 1. The normalized spacial score (nSPS) is 10.6. The Hall–Kier alpha value is -2.31. The quantitative estimate of drug-likeness (QED) is 0.651. The van der Waals surface area contributed by atoms with Gasteiger partial charge in [0.15, 0.2) is 23.3 Å². The second-order valence-corrected chi connectivity index (χ2v) is 3.89. The molecule has 3 nitrogen and oxygen atoms in total. The molecule has 0 radical (unpaired) electrons. The molecule has 0 aliphatic rings. The van der Waals surface area contributed by atoms with E-state index in [4.69, 9.17) is 5.73 Å². The fourth-order valence-corrected chi connectivity index (χ4v) is 1.45. The zero-order valence-corrected chi connectivity index (χ0v) is 9.77. The van der Waals surface area contributed by atoms with Crippen LogP contribution in [0.15, 0.2) is 18.3 Å². The highest BCUT2D eigenvalue weighted by Gasteiger charge is 2.19. The van der Waals surface area contributed by atoms with E-state index in [1.807, 2.05) is 0 Å². The van der Waals surface area contributed by atoms with Gasteiger partial charge in [-0.2, -0.15) is 0 Å². The third kappa shape index (κ3) is 2.44. The molecule has 0 saturated carbocycles. The van der Waals surface area contributed by atoms with Crippen molar-refractivity contribution in [3.63, 3.8) is 0 Å². The molecule has 0 bridgehead atoms. The molecule has 1 aromatic carbocycles. The molecule has 7 heteroatoms. The SMILES string of the molecule is Cc1cc(Nc2c(F)c(F)cc(F)c2F)ncc1N. The number of rotatable bonds is 2. The Bertz CT molecular complexity index is 617. The summed E-state index contributed by atoms with van der Waals surface area (Å²) in [5.41, 5.74) is 5.59. The number of hydrogen-bond acceptors (Lipinski definition) is 3. The molecule has 100 valence electrons. The van der Waals surface area contributed by atoms with Crippen LogP contribution < -0.4 is 11.1 Å². The molecule has 2 rings (SSSR count). The molecular weight excluding hydrogens is 262 g/mol.